The van der Waals surface area contributed by atoms with Crippen LogP contribution in [-0.2, 0) is 0 Å². The second-order valence-electron chi connectivity index (χ2n) is 8.26. The van der Waals surface area contributed by atoms with Gasteiger partial charge in [0.1, 0.15) is 0 Å². The molecule has 0 aromatic rings. The van der Waals surface area contributed by atoms with Gasteiger partial charge in [-0.25, -0.2) is 0 Å². The highest BCUT2D eigenvalue weighted by Crippen LogP contribution is 2.14. The van der Waals surface area contributed by atoms with Gasteiger partial charge in [-0.15, -0.1) is 12.4 Å². The minimum absolute atomic E-state index is 0. The van der Waals surface area contributed by atoms with E-state index in [-0.39, 0.29) is 12.4 Å². The molecule has 0 heterocycles. The summed E-state index contributed by atoms with van der Waals surface area (Å²) in [6, 6.07) is 0. The van der Waals surface area contributed by atoms with E-state index in [2.05, 4.69) is 25.8 Å². The molecule has 0 bridgehead atoms. The van der Waals surface area contributed by atoms with Crippen molar-refractivity contribution in [1.29, 1.82) is 0 Å². The molecule has 0 atom stereocenters. The topological polar surface area (TPSA) is 3.24 Å². The summed E-state index contributed by atoms with van der Waals surface area (Å²) in [6.45, 7) is 7.03. The molecule has 0 rings (SSSR count). The summed E-state index contributed by atoms with van der Waals surface area (Å²) in [5.41, 5.74) is 0. The average Bonchev–Trinajstić information content (AvgIpc) is 2.63. The van der Waals surface area contributed by atoms with E-state index in [1.54, 1.807) is 0 Å². The normalized spacial score (nSPS) is 11.1. The number of hydrogen-bond acceptors (Lipinski definition) is 1. The van der Waals surface area contributed by atoms with Crippen molar-refractivity contribution in [1.82, 2.24) is 4.90 Å². The fourth-order valence-electron chi connectivity index (χ4n) is 3.62. The van der Waals surface area contributed by atoms with Crippen molar-refractivity contribution in [3.63, 3.8) is 0 Å². The van der Waals surface area contributed by atoms with Gasteiger partial charge in [0.05, 0.1) is 0 Å². The van der Waals surface area contributed by atoms with Crippen LogP contribution in [0.2, 0.25) is 0 Å². The van der Waals surface area contributed by atoms with E-state index in [1.807, 2.05) is 0 Å². The predicted octanol–water partition coefficient (Wildman–Crippen LogP) is 8.79. The largest absolute Gasteiger partial charge is 0.307 e. The second-order valence-corrected chi connectivity index (χ2v) is 8.26. The van der Waals surface area contributed by atoms with Crippen LogP contribution in [0.4, 0.5) is 0 Å². The van der Waals surface area contributed by atoms with E-state index in [4.69, 9.17) is 0 Å². The van der Waals surface area contributed by atoms with Crippen LogP contribution in [0.1, 0.15) is 136 Å². The SMILES string of the molecule is CCCCCCCCCCCCCCCCCCCCCN(C)CC.Cl. The first-order valence-corrected chi connectivity index (χ1v) is 12.0. The lowest BCUT2D eigenvalue weighted by Gasteiger charge is -2.12. The standard InChI is InChI=1S/C24H51N.ClH/c1-4-6-7-8-9-10-11-12-13-14-15-16-17-18-19-20-21-22-23-24-25(3)5-2;/h4-24H2,1-3H3;1H. The molecule has 26 heavy (non-hydrogen) atoms. The Bertz CT molecular complexity index is 232. The molecule has 0 radical (unpaired) electrons. The molecule has 0 saturated carbocycles. The Kier molecular flexibility index (Phi) is 27.6. The van der Waals surface area contributed by atoms with Gasteiger partial charge in [0, 0.05) is 0 Å². The Morgan fingerprint density at radius 2 is 0.692 bits per heavy atom. The first kappa shape index (κ1) is 28.5. The van der Waals surface area contributed by atoms with E-state index < -0.39 is 0 Å². The maximum atomic E-state index is 2.42. The molecule has 0 aliphatic heterocycles. The first-order valence-electron chi connectivity index (χ1n) is 12.0. The second kappa shape index (κ2) is 25.2. The third kappa shape index (κ3) is 24.2. The average molecular weight is 390 g/mol. The molecular weight excluding hydrogens is 338 g/mol. The van der Waals surface area contributed by atoms with Crippen LogP contribution in [0.15, 0.2) is 0 Å². The molecule has 0 spiro atoms. The van der Waals surface area contributed by atoms with Gasteiger partial charge in [-0.2, -0.15) is 0 Å². The van der Waals surface area contributed by atoms with Gasteiger partial charge < -0.3 is 4.90 Å². The molecule has 0 aromatic carbocycles. The van der Waals surface area contributed by atoms with Crippen molar-refractivity contribution >= 4 is 12.4 Å². The molecule has 160 valence electrons. The summed E-state index contributed by atoms with van der Waals surface area (Å²) in [5.74, 6) is 0. The fraction of sp³-hybridized carbons (Fsp3) is 1.00. The van der Waals surface area contributed by atoms with Crippen molar-refractivity contribution in [2.75, 3.05) is 20.1 Å². The van der Waals surface area contributed by atoms with E-state index in [0.29, 0.717) is 0 Å². The Morgan fingerprint density at radius 3 is 0.962 bits per heavy atom. The third-order valence-electron chi connectivity index (χ3n) is 5.68. The molecule has 0 N–H and O–H groups in total. The van der Waals surface area contributed by atoms with Crippen LogP contribution in [0.5, 0.6) is 0 Å². The molecule has 0 unspecified atom stereocenters. The molecule has 0 aliphatic carbocycles. The molecule has 0 aromatic heterocycles. The predicted molar refractivity (Wildman–Crippen MR) is 124 cm³/mol. The summed E-state index contributed by atoms with van der Waals surface area (Å²) in [4.78, 5) is 2.42. The monoisotopic (exact) mass is 389 g/mol. The Morgan fingerprint density at radius 1 is 0.423 bits per heavy atom. The highest BCUT2D eigenvalue weighted by molar-refractivity contribution is 5.85. The number of hydrogen-bond donors (Lipinski definition) is 0. The van der Waals surface area contributed by atoms with E-state index in [0.717, 1.165) is 0 Å². The molecule has 0 amide bonds. The third-order valence-corrected chi connectivity index (χ3v) is 5.68. The van der Waals surface area contributed by atoms with Crippen LogP contribution < -0.4 is 0 Å². The van der Waals surface area contributed by atoms with E-state index >= 15 is 0 Å². The van der Waals surface area contributed by atoms with Gasteiger partial charge in [-0.05, 0) is 26.6 Å². The van der Waals surface area contributed by atoms with Crippen LogP contribution in [-0.4, -0.2) is 25.0 Å². The maximum absolute atomic E-state index is 2.42. The van der Waals surface area contributed by atoms with Crippen LogP contribution in [0.3, 0.4) is 0 Å². The quantitative estimate of drug-likeness (QED) is 0.177. The highest BCUT2D eigenvalue weighted by atomic mass is 35.5. The van der Waals surface area contributed by atoms with Crippen LogP contribution in [0.25, 0.3) is 0 Å². The summed E-state index contributed by atoms with van der Waals surface area (Å²) in [6.07, 6.45) is 27.8. The molecule has 2 heteroatoms. The van der Waals surface area contributed by atoms with Gasteiger partial charge in [-0.3, -0.25) is 0 Å². The Labute approximate surface area is 173 Å². The summed E-state index contributed by atoms with van der Waals surface area (Å²) in [7, 11) is 2.23. The number of halogens is 1. The van der Waals surface area contributed by atoms with Gasteiger partial charge in [0.2, 0.25) is 0 Å². The zero-order valence-electron chi connectivity index (χ0n) is 18.7. The Hall–Kier alpha value is 0.250. The first-order chi connectivity index (χ1) is 12.3. The summed E-state index contributed by atoms with van der Waals surface area (Å²) in [5, 5.41) is 0. The number of unbranched alkanes of at least 4 members (excludes halogenated alkanes) is 18. The van der Waals surface area contributed by atoms with Gasteiger partial charge in [-0.1, -0.05) is 129 Å². The lowest BCUT2D eigenvalue weighted by Crippen LogP contribution is -2.18. The zero-order chi connectivity index (χ0) is 18.4. The van der Waals surface area contributed by atoms with Gasteiger partial charge in [0.15, 0.2) is 0 Å². The van der Waals surface area contributed by atoms with Gasteiger partial charge >= 0.3 is 0 Å². The van der Waals surface area contributed by atoms with Crippen LogP contribution >= 0.6 is 12.4 Å². The van der Waals surface area contributed by atoms with Crippen molar-refractivity contribution in [3.05, 3.63) is 0 Å². The lowest BCUT2D eigenvalue weighted by molar-refractivity contribution is 0.340. The lowest BCUT2D eigenvalue weighted by atomic mass is 10.0. The highest BCUT2D eigenvalue weighted by Gasteiger charge is 1.96. The van der Waals surface area contributed by atoms with E-state index in [1.165, 1.54) is 135 Å². The molecule has 0 saturated heterocycles. The number of nitrogens with zero attached hydrogens (tertiary/aromatic N) is 1. The van der Waals surface area contributed by atoms with Crippen molar-refractivity contribution < 1.29 is 0 Å². The summed E-state index contributed by atoms with van der Waals surface area (Å²) < 4.78 is 0. The van der Waals surface area contributed by atoms with Crippen molar-refractivity contribution in [3.8, 4) is 0 Å². The van der Waals surface area contributed by atoms with E-state index in [9.17, 15) is 0 Å². The van der Waals surface area contributed by atoms with Crippen molar-refractivity contribution in [2.24, 2.45) is 0 Å². The minimum atomic E-state index is 0. The van der Waals surface area contributed by atoms with Gasteiger partial charge in [0.25, 0.3) is 0 Å². The summed E-state index contributed by atoms with van der Waals surface area (Å²) >= 11 is 0. The molecular formula is C24H52ClN. The maximum Gasteiger partial charge on any atom is -0.00219 e. The molecule has 0 aliphatic rings. The zero-order valence-corrected chi connectivity index (χ0v) is 19.5. The number of rotatable bonds is 21. The fourth-order valence-corrected chi connectivity index (χ4v) is 3.62. The minimum Gasteiger partial charge on any atom is -0.307 e. The van der Waals surface area contributed by atoms with Crippen LogP contribution in [0, 0.1) is 0 Å². The smallest absolute Gasteiger partial charge is 0.00219 e. The van der Waals surface area contributed by atoms with Crippen molar-refractivity contribution in [2.45, 2.75) is 136 Å². The molecule has 0 fully saturated rings. The molecule has 1 nitrogen and oxygen atoms in total. The Balaban J connectivity index is 0.